The number of alkyl halides is 3. The van der Waals surface area contributed by atoms with Crippen molar-refractivity contribution in [1.82, 2.24) is 14.9 Å². The maximum Gasteiger partial charge on any atom is 0.511 e. The van der Waals surface area contributed by atoms with Gasteiger partial charge in [-0.05, 0) is 30.5 Å². The van der Waals surface area contributed by atoms with Crippen molar-refractivity contribution in [3.63, 3.8) is 0 Å². The number of guanidine groups is 1. The van der Waals surface area contributed by atoms with E-state index in [0.717, 1.165) is 5.56 Å². The fraction of sp³-hybridized carbons (Fsp3) is 0.588. The van der Waals surface area contributed by atoms with Crippen LogP contribution in [0.3, 0.4) is 0 Å². The molecule has 1 saturated heterocycles. The zero-order valence-corrected chi connectivity index (χ0v) is 19.6. The number of nitrogens with zero attached hydrogens (tertiary/aromatic N) is 2. The molecule has 0 amide bonds. The lowest BCUT2D eigenvalue weighted by Crippen LogP contribution is -2.51. The van der Waals surface area contributed by atoms with Gasteiger partial charge < -0.3 is 15.4 Å². The molecule has 1 heterocycles. The second kappa shape index (κ2) is 11.4. The number of methoxy groups -OCH3 is 1. The first-order valence-electron chi connectivity index (χ1n) is 8.88. The van der Waals surface area contributed by atoms with Gasteiger partial charge in [0.15, 0.2) is 5.96 Å². The van der Waals surface area contributed by atoms with Gasteiger partial charge in [0.25, 0.3) is 0 Å². The number of ether oxygens (including phenoxy) is 1. The first-order valence-corrected chi connectivity index (χ1v) is 10.3. The van der Waals surface area contributed by atoms with Gasteiger partial charge in [-0.3, -0.25) is 4.99 Å². The van der Waals surface area contributed by atoms with Gasteiger partial charge in [-0.15, -0.1) is 24.0 Å². The lowest BCUT2D eigenvalue weighted by atomic mass is 10.1. The second-order valence-electron chi connectivity index (χ2n) is 6.55. The fourth-order valence-corrected chi connectivity index (χ4v) is 3.95. The number of hydrogen-bond donors (Lipinski definition) is 2. The molecule has 0 spiro atoms. The highest BCUT2D eigenvalue weighted by Crippen LogP contribution is 2.28. The SMILES string of the molecule is CN=C(NCc1ccc(F)c(COC)c1)NC1CCN(S(=O)(=O)C(F)(F)F)CC1.I. The van der Waals surface area contributed by atoms with Crippen LogP contribution in [0.1, 0.15) is 24.0 Å². The Balaban J connectivity index is 0.00000450. The van der Waals surface area contributed by atoms with Gasteiger partial charge in [-0.25, -0.2) is 12.8 Å². The summed E-state index contributed by atoms with van der Waals surface area (Å²) in [4.78, 5) is 4.06. The molecule has 0 unspecified atom stereocenters. The van der Waals surface area contributed by atoms with Crippen LogP contribution in [0.15, 0.2) is 23.2 Å². The van der Waals surface area contributed by atoms with Crippen LogP contribution in [-0.2, 0) is 27.9 Å². The Morgan fingerprint density at radius 1 is 1.30 bits per heavy atom. The van der Waals surface area contributed by atoms with Crippen LogP contribution in [0.4, 0.5) is 17.6 Å². The smallest absolute Gasteiger partial charge is 0.380 e. The van der Waals surface area contributed by atoms with Crippen LogP contribution in [0.5, 0.6) is 0 Å². The number of piperidine rings is 1. The molecule has 1 aliphatic heterocycles. The minimum absolute atomic E-state index is 0. The predicted molar refractivity (Wildman–Crippen MR) is 115 cm³/mol. The van der Waals surface area contributed by atoms with Gasteiger partial charge in [0.1, 0.15) is 5.82 Å². The molecule has 0 bridgehead atoms. The van der Waals surface area contributed by atoms with Crippen molar-refractivity contribution >= 4 is 40.0 Å². The van der Waals surface area contributed by atoms with Crippen molar-refractivity contribution < 1.29 is 30.7 Å². The number of halogens is 5. The van der Waals surface area contributed by atoms with Gasteiger partial charge in [0.2, 0.25) is 0 Å². The minimum Gasteiger partial charge on any atom is -0.380 e. The Morgan fingerprint density at radius 3 is 2.47 bits per heavy atom. The van der Waals surface area contributed by atoms with Gasteiger partial charge in [0, 0.05) is 45.4 Å². The molecule has 7 nitrogen and oxygen atoms in total. The normalized spacial score (nSPS) is 16.8. The first-order chi connectivity index (χ1) is 13.6. The first kappa shape index (κ1) is 26.8. The number of nitrogens with one attached hydrogen (secondary N) is 2. The quantitative estimate of drug-likeness (QED) is 0.239. The highest BCUT2D eigenvalue weighted by molar-refractivity contribution is 14.0. The van der Waals surface area contributed by atoms with Crippen molar-refractivity contribution in [3.05, 3.63) is 35.1 Å². The monoisotopic (exact) mass is 568 g/mol. The Morgan fingerprint density at radius 2 is 1.93 bits per heavy atom. The van der Waals surface area contributed by atoms with Crippen LogP contribution in [0.2, 0.25) is 0 Å². The van der Waals surface area contributed by atoms with E-state index < -0.39 is 15.5 Å². The molecular formula is C17H25F4IN4O3S. The third-order valence-electron chi connectivity index (χ3n) is 4.52. The predicted octanol–water partition coefficient (Wildman–Crippen LogP) is 2.57. The van der Waals surface area contributed by atoms with Gasteiger partial charge in [-0.1, -0.05) is 6.07 Å². The van der Waals surface area contributed by atoms with E-state index in [-0.39, 0.29) is 68.4 Å². The molecule has 1 aromatic rings. The van der Waals surface area contributed by atoms with E-state index >= 15 is 0 Å². The third kappa shape index (κ3) is 6.92. The molecule has 2 rings (SSSR count). The van der Waals surface area contributed by atoms with E-state index in [1.807, 2.05) is 0 Å². The lowest BCUT2D eigenvalue weighted by molar-refractivity contribution is -0.0494. The standard InChI is InChI=1S/C17H24F4N4O3S.HI/c1-22-16(23-10-12-3-4-15(18)13(9-12)11-28-2)24-14-5-7-25(8-6-14)29(26,27)17(19,20)21;/h3-4,9,14H,5-8,10-11H2,1-2H3,(H2,22,23,24);1H. The molecule has 0 saturated carbocycles. The zero-order chi connectivity index (χ0) is 21.7. The summed E-state index contributed by atoms with van der Waals surface area (Å²) in [6.45, 7) is 0.0354. The van der Waals surface area contributed by atoms with Gasteiger partial charge in [0.05, 0.1) is 6.61 Å². The van der Waals surface area contributed by atoms with Crippen molar-refractivity contribution in [1.29, 1.82) is 0 Å². The maximum atomic E-state index is 13.7. The van der Waals surface area contributed by atoms with Crippen LogP contribution >= 0.6 is 24.0 Å². The molecule has 0 aliphatic carbocycles. The number of aliphatic imine (C=N–C) groups is 1. The average molecular weight is 568 g/mol. The molecule has 0 atom stereocenters. The number of rotatable bonds is 6. The minimum atomic E-state index is -5.30. The summed E-state index contributed by atoms with van der Waals surface area (Å²) in [5, 5.41) is 6.13. The average Bonchev–Trinajstić information content (AvgIpc) is 2.67. The molecule has 0 aromatic heterocycles. The highest BCUT2D eigenvalue weighted by atomic mass is 127. The van der Waals surface area contributed by atoms with Crippen LogP contribution in [0, 0.1) is 5.82 Å². The van der Waals surface area contributed by atoms with Gasteiger partial charge in [-0.2, -0.15) is 17.5 Å². The van der Waals surface area contributed by atoms with E-state index in [2.05, 4.69) is 15.6 Å². The summed E-state index contributed by atoms with van der Waals surface area (Å²) in [5.41, 5.74) is -4.07. The highest BCUT2D eigenvalue weighted by Gasteiger charge is 2.50. The summed E-state index contributed by atoms with van der Waals surface area (Å²) >= 11 is 0. The molecule has 13 heteroatoms. The third-order valence-corrected chi connectivity index (χ3v) is 6.15. The topological polar surface area (TPSA) is 83.0 Å². The largest absolute Gasteiger partial charge is 0.511 e. The van der Waals surface area contributed by atoms with E-state index in [9.17, 15) is 26.0 Å². The zero-order valence-electron chi connectivity index (χ0n) is 16.5. The molecule has 2 N–H and O–H groups in total. The Bertz CT molecular complexity index is 829. The maximum absolute atomic E-state index is 13.7. The summed E-state index contributed by atoms with van der Waals surface area (Å²) in [5.74, 6) is 0.0541. The summed E-state index contributed by atoms with van der Waals surface area (Å²) in [6, 6.07) is 4.41. The molecule has 172 valence electrons. The second-order valence-corrected chi connectivity index (χ2v) is 8.48. The Hall–Kier alpha value is -1.19. The molecule has 1 aliphatic rings. The van der Waals surface area contributed by atoms with Crippen molar-refractivity contribution in [2.75, 3.05) is 27.2 Å². The van der Waals surface area contributed by atoms with Crippen molar-refractivity contribution in [2.45, 2.75) is 37.5 Å². The van der Waals surface area contributed by atoms with E-state index in [1.165, 1.54) is 13.2 Å². The molecule has 0 radical (unpaired) electrons. The lowest BCUT2D eigenvalue weighted by Gasteiger charge is -2.32. The number of benzene rings is 1. The van der Waals surface area contributed by atoms with Crippen LogP contribution in [-0.4, -0.2) is 57.5 Å². The molecular weight excluding hydrogens is 543 g/mol. The Kier molecular flexibility index (Phi) is 10.2. The fourth-order valence-electron chi connectivity index (χ4n) is 2.96. The number of hydrogen-bond acceptors (Lipinski definition) is 4. The van der Waals surface area contributed by atoms with E-state index in [4.69, 9.17) is 4.74 Å². The van der Waals surface area contributed by atoms with Crippen molar-refractivity contribution in [2.24, 2.45) is 4.99 Å². The molecule has 30 heavy (non-hydrogen) atoms. The summed E-state index contributed by atoms with van der Waals surface area (Å²) in [7, 11) is -2.28. The summed E-state index contributed by atoms with van der Waals surface area (Å²) < 4.78 is 79.9. The molecule has 1 aromatic carbocycles. The van der Waals surface area contributed by atoms with Crippen LogP contribution in [0.25, 0.3) is 0 Å². The van der Waals surface area contributed by atoms with Gasteiger partial charge >= 0.3 is 15.5 Å². The number of sulfonamides is 1. The van der Waals surface area contributed by atoms with Crippen molar-refractivity contribution in [3.8, 4) is 0 Å². The van der Waals surface area contributed by atoms with E-state index in [1.54, 1.807) is 19.2 Å². The Labute approximate surface area is 190 Å². The summed E-state index contributed by atoms with van der Waals surface area (Å²) in [6.07, 6.45) is 0.426. The van der Waals surface area contributed by atoms with E-state index in [0.29, 0.717) is 22.4 Å². The van der Waals surface area contributed by atoms with Crippen LogP contribution < -0.4 is 10.6 Å². The molecule has 1 fully saturated rings.